The number of nitro groups is 1. The molecule has 0 atom stereocenters. The Hall–Kier alpha value is -5.19. The minimum absolute atomic E-state index is 0.0660. The summed E-state index contributed by atoms with van der Waals surface area (Å²) < 4.78 is 1.35. The molecule has 0 unspecified atom stereocenters. The summed E-state index contributed by atoms with van der Waals surface area (Å²) in [5.74, 6) is -0.644. The molecule has 0 spiro atoms. The number of nitrogens with one attached hydrogen (secondary N) is 2. The standard InChI is InChI=1S/C25H19N7O4/c33-23(27-16-9-11-18(12-10-16)32(35)36)15-31-14-17(29-30-31)13-26-25(34)24-19-5-1-3-7-21(19)28-22-8-4-2-6-20(22)24/h1-12,14H,13,15H2,(H,26,34)(H,27,33). The highest BCUT2D eigenvalue weighted by atomic mass is 16.6. The van der Waals surface area contributed by atoms with E-state index in [1.807, 2.05) is 48.5 Å². The molecule has 2 amide bonds. The SMILES string of the molecule is O=C(Cn1cc(CNC(=O)c2c3ccccc3nc3ccccc23)nn1)Nc1ccc([N+](=O)[O-])cc1. The number of rotatable bonds is 7. The Balaban J connectivity index is 1.25. The summed E-state index contributed by atoms with van der Waals surface area (Å²) >= 11 is 0. The number of fused-ring (bicyclic) bond motifs is 2. The Morgan fingerprint density at radius 1 is 0.917 bits per heavy atom. The van der Waals surface area contributed by atoms with Crippen molar-refractivity contribution in [3.63, 3.8) is 0 Å². The summed E-state index contributed by atoms with van der Waals surface area (Å²) in [6, 6.07) is 20.5. The predicted octanol–water partition coefficient (Wildman–Crippen LogP) is 3.46. The van der Waals surface area contributed by atoms with Crippen LogP contribution in [0.25, 0.3) is 21.8 Å². The lowest BCUT2D eigenvalue weighted by Crippen LogP contribution is -2.23. The topological polar surface area (TPSA) is 145 Å². The van der Waals surface area contributed by atoms with Gasteiger partial charge in [-0.25, -0.2) is 9.67 Å². The molecular formula is C25H19N7O4. The van der Waals surface area contributed by atoms with Crippen molar-refractivity contribution in [1.82, 2.24) is 25.3 Å². The van der Waals surface area contributed by atoms with Crippen LogP contribution in [0.5, 0.6) is 0 Å². The lowest BCUT2D eigenvalue weighted by Gasteiger charge is -2.10. The maximum atomic E-state index is 13.2. The van der Waals surface area contributed by atoms with Crippen LogP contribution in [0.4, 0.5) is 11.4 Å². The Labute approximate surface area is 203 Å². The van der Waals surface area contributed by atoms with E-state index in [-0.39, 0.29) is 30.6 Å². The molecule has 0 radical (unpaired) electrons. The van der Waals surface area contributed by atoms with E-state index in [4.69, 9.17) is 0 Å². The fourth-order valence-electron chi connectivity index (χ4n) is 3.85. The fourth-order valence-corrected chi connectivity index (χ4v) is 3.85. The Morgan fingerprint density at radius 2 is 1.56 bits per heavy atom. The van der Waals surface area contributed by atoms with Gasteiger partial charge in [-0.3, -0.25) is 19.7 Å². The van der Waals surface area contributed by atoms with Crippen LogP contribution in [-0.4, -0.2) is 36.7 Å². The van der Waals surface area contributed by atoms with Gasteiger partial charge in [0.1, 0.15) is 12.2 Å². The molecule has 178 valence electrons. The van der Waals surface area contributed by atoms with Crippen LogP contribution in [0.3, 0.4) is 0 Å². The van der Waals surface area contributed by atoms with Crippen LogP contribution >= 0.6 is 0 Å². The van der Waals surface area contributed by atoms with Gasteiger partial charge < -0.3 is 10.6 Å². The van der Waals surface area contributed by atoms with E-state index in [1.165, 1.54) is 28.9 Å². The highest BCUT2D eigenvalue weighted by molar-refractivity contribution is 6.16. The number of pyridine rings is 1. The van der Waals surface area contributed by atoms with Crippen molar-refractivity contribution in [2.45, 2.75) is 13.1 Å². The maximum Gasteiger partial charge on any atom is 0.269 e. The predicted molar refractivity (Wildman–Crippen MR) is 132 cm³/mol. The molecule has 0 aliphatic heterocycles. The van der Waals surface area contributed by atoms with E-state index in [1.54, 1.807) is 6.20 Å². The Bertz CT molecular complexity index is 1560. The van der Waals surface area contributed by atoms with Gasteiger partial charge >= 0.3 is 0 Å². The van der Waals surface area contributed by atoms with E-state index in [2.05, 4.69) is 25.9 Å². The van der Waals surface area contributed by atoms with Crippen molar-refractivity contribution >= 4 is 45.0 Å². The van der Waals surface area contributed by atoms with Gasteiger partial charge in [0, 0.05) is 28.6 Å². The lowest BCUT2D eigenvalue weighted by molar-refractivity contribution is -0.384. The fraction of sp³-hybridized carbons (Fsp3) is 0.0800. The molecule has 36 heavy (non-hydrogen) atoms. The molecule has 5 aromatic rings. The Kier molecular flexibility index (Phi) is 6.02. The molecule has 0 saturated heterocycles. The van der Waals surface area contributed by atoms with Gasteiger partial charge in [-0.2, -0.15) is 0 Å². The van der Waals surface area contributed by atoms with Crippen LogP contribution in [0, 0.1) is 10.1 Å². The van der Waals surface area contributed by atoms with E-state index < -0.39 is 4.92 Å². The number of nitro benzene ring substituents is 1. The molecule has 0 bridgehead atoms. The van der Waals surface area contributed by atoms with Crippen LogP contribution in [0.2, 0.25) is 0 Å². The molecule has 2 heterocycles. The van der Waals surface area contributed by atoms with Crippen molar-refractivity contribution in [3.8, 4) is 0 Å². The summed E-state index contributed by atoms with van der Waals surface area (Å²) in [5, 5.41) is 25.7. The number of benzene rings is 3. The van der Waals surface area contributed by atoms with Gasteiger partial charge in [0.05, 0.1) is 34.3 Å². The minimum atomic E-state index is -0.513. The van der Waals surface area contributed by atoms with Crippen molar-refractivity contribution in [2.24, 2.45) is 0 Å². The second kappa shape index (κ2) is 9.58. The second-order valence-electron chi connectivity index (χ2n) is 7.96. The first-order valence-electron chi connectivity index (χ1n) is 11.0. The third-order valence-corrected chi connectivity index (χ3v) is 5.50. The van der Waals surface area contributed by atoms with Crippen LogP contribution in [-0.2, 0) is 17.9 Å². The van der Waals surface area contributed by atoms with E-state index in [0.29, 0.717) is 16.9 Å². The number of non-ortho nitro benzene ring substituents is 1. The van der Waals surface area contributed by atoms with Crippen LogP contribution in [0.15, 0.2) is 79.0 Å². The van der Waals surface area contributed by atoms with Gasteiger partial charge in [-0.15, -0.1) is 5.10 Å². The van der Waals surface area contributed by atoms with E-state index in [0.717, 1.165) is 21.8 Å². The molecule has 5 rings (SSSR count). The van der Waals surface area contributed by atoms with E-state index in [9.17, 15) is 19.7 Å². The molecular weight excluding hydrogens is 462 g/mol. The first kappa shape index (κ1) is 22.6. The summed E-state index contributed by atoms with van der Waals surface area (Å²) in [6.45, 7) is 0.00530. The molecule has 3 aromatic carbocycles. The maximum absolute atomic E-state index is 13.2. The van der Waals surface area contributed by atoms with Gasteiger partial charge in [0.2, 0.25) is 5.91 Å². The number of aromatic nitrogens is 4. The molecule has 0 fully saturated rings. The molecule has 0 aliphatic rings. The van der Waals surface area contributed by atoms with Crippen molar-refractivity contribution in [1.29, 1.82) is 0 Å². The molecule has 0 aliphatic carbocycles. The van der Waals surface area contributed by atoms with Crippen LogP contribution < -0.4 is 10.6 Å². The van der Waals surface area contributed by atoms with Gasteiger partial charge in [0.15, 0.2) is 0 Å². The molecule has 0 saturated carbocycles. The summed E-state index contributed by atoms with van der Waals surface area (Å²) in [4.78, 5) is 40.4. The number of nitrogens with zero attached hydrogens (tertiary/aromatic N) is 5. The van der Waals surface area contributed by atoms with Gasteiger partial charge in [-0.05, 0) is 24.3 Å². The number of anilines is 1. The normalized spacial score (nSPS) is 10.9. The molecule has 2 N–H and O–H groups in total. The smallest absolute Gasteiger partial charge is 0.269 e. The molecule has 11 heteroatoms. The zero-order valence-corrected chi connectivity index (χ0v) is 18.8. The number of carbonyl (C=O) groups excluding carboxylic acids is 2. The van der Waals surface area contributed by atoms with Gasteiger partial charge in [-0.1, -0.05) is 41.6 Å². The van der Waals surface area contributed by atoms with Gasteiger partial charge in [0.25, 0.3) is 11.6 Å². The number of hydrogen-bond acceptors (Lipinski definition) is 7. The number of carbonyl (C=O) groups is 2. The molecule has 11 nitrogen and oxygen atoms in total. The summed E-state index contributed by atoms with van der Waals surface area (Å²) in [6.07, 6.45) is 1.57. The number of hydrogen-bond donors (Lipinski definition) is 2. The van der Waals surface area contributed by atoms with Crippen molar-refractivity contribution in [3.05, 3.63) is 100 Å². The highest BCUT2D eigenvalue weighted by Gasteiger charge is 2.16. The van der Waals surface area contributed by atoms with Crippen LogP contribution in [0.1, 0.15) is 16.1 Å². The lowest BCUT2D eigenvalue weighted by atomic mass is 10.0. The summed E-state index contributed by atoms with van der Waals surface area (Å²) in [5.41, 5.74) is 2.83. The first-order valence-corrected chi connectivity index (χ1v) is 11.0. The average Bonchev–Trinajstić information content (AvgIpc) is 3.33. The zero-order valence-electron chi connectivity index (χ0n) is 18.8. The van der Waals surface area contributed by atoms with Crippen molar-refractivity contribution in [2.75, 3.05) is 5.32 Å². The van der Waals surface area contributed by atoms with Crippen molar-refractivity contribution < 1.29 is 14.5 Å². The summed E-state index contributed by atoms with van der Waals surface area (Å²) in [7, 11) is 0. The zero-order chi connectivity index (χ0) is 25.1. The van der Waals surface area contributed by atoms with E-state index >= 15 is 0 Å². The number of amides is 2. The largest absolute Gasteiger partial charge is 0.346 e. The monoisotopic (exact) mass is 481 g/mol. The third kappa shape index (κ3) is 4.71. The second-order valence-corrected chi connectivity index (χ2v) is 7.96. The number of para-hydroxylation sites is 2. The molecule has 2 aromatic heterocycles. The third-order valence-electron chi connectivity index (χ3n) is 5.50. The Morgan fingerprint density at radius 3 is 2.19 bits per heavy atom. The highest BCUT2D eigenvalue weighted by Crippen LogP contribution is 2.26. The quantitative estimate of drug-likeness (QED) is 0.206. The average molecular weight is 481 g/mol. The first-order chi connectivity index (χ1) is 17.5. The minimum Gasteiger partial charge on any atom is -0.346 e.